The average molecular weight is 310 g/mol. The predicted molar refractivity (Wildman–Crippen MR) is 93.8 cm³/mol. The fraction of sp³-hybridized carbons (Fsp3) is 0.263. The number of hydrogen-bond acceptors (Lipinski definition) is 2. The van der Waals surface area contributed by atoms with Gasteiger partial charge in [-0.05, 0) is 47.4 Å². The van der Waals surface area contributed by atoms with E-state index in [1.807, 2.05) is 24.3 Å². The summed E-state index contributed by atoms with van der Waals surface area (Å²) in [6, 6.07) is 14.6. The first-order valence-corrected chi connectivity index (χ1v) is 7.55. The predicted octanol–water partition coefficient (Wildman–Crippen LogP) is 4.19. The van der Waals surface area contributed by atoms with Crippen LogP contribution in [0.3, 0.4) is 0 Å². The first kappa shape index (κ1) is 16.7. The molecule has 0 aliphatic heterocycles. The Bertz CT molecular complexity index is 696. The van der Waals surface area contributed by atoms with Crippen LogP contribution in [0, 0.1) is 0 Å². The summed E-state index contributed by atoms with van der Waals surface area (Å²) in [5.74, 6) is -0.316. The van der Waals surface area contributed by atoms with Gasteiger partial charge < -0.3 is 10.6 Å². The van der Waals surface area contributed by atoms with E-state index in [2.05, 4.69) is 31.4 Å². The Morgan fingerprint density at radius 1 is 0.783 bits per heavy atom. The van der Waals surface area contributed by atoms with Crippen LogP contribution in [0.4, 0.5) is 11.4 Å². The zero-order chi connectivity index (χ0) is 17.0. The SMILES string of the molecule is CC(=O)Nc1ccc(C(=O)Nc2ccc(C(C)(C)C)cc2)cc1. The number of rotatable bonds is 3. The molecular weight excluding hydrogens is 288 g/mol. The van der Waals surface area contributed by atoms with E-state index >= 15 is 0 Å². The van der Waals surface area contributed by atoms with Crippen molar-refractivity contribution in [2.24, 2.45) is 0 Å². The van der Waals surface area contributed by atoms with Crippen LogP contribution in [0.1, 0.15) is 43.6 Å². The lowest BCUT2D eigenvalue weighted by Gasteiger charge is -2.19. The molecule has 0 saturated carbocycles. The summed E-state index contributed by atoms with van der Waals surface area (Å²) in [5.41, 5.74) is 3.27. The maximum absolute atomic E-state index is 12.2. The quantitative estimate of drug-likeness (QED) is 0.893. The van der Waals surface area contributed by atoms with E-state index in [0.717, 1.165) is 5.69 Å². The van der Waals surface area contributed by atoms with Crippen molar-refractivity contribution in [1.29, 1.82) is 0 Å². The van der Waals surface area contributed by atoms with Crippen molar-refractivity contribution in [3.05, 3.63) is 59.7 Å². The normalized spacial score (nSPS) is 11.0. The zero-order valence-corrected chi connectivity index (χ0v) is 13.9. The molecule has 0 radical (unpaired) electrons. The van der Waals surface area contributed by atoms with Crippen molar-refractivity contribution in [1.82, 2.24) is 0 Å². The number of benzene rings is 2. The third-order valence-electron chi connectivity index (χ3n) is 3.48. The molecule has 23 heavy (non-hydrogen) atoms. The minimum atomic E-state index is -0.178. The molecule has 4 heteroatoms. The van der Waals surface area contributed by atoms with Crippen LogP contribution < -0.4 is 10.6 Å². The molecule has 0 unspecified atom stereocenters. The highest BCUT2D eigenvalue weighted by Gasteiger charge is 2.13. The molecule has 2 amide bonds. The fourth-order valence-corrected chi connectivity index (χ4v) is 2.17. The van der Waals surface area contributed by atoms with E-state index in [1.54, 1.807) is 24.3 Å². The highest BCUT2D eigenvalue weighted by Crippen LogP contribution is 2.23. The summed E-state index contributed by atoms with van der Waals surface area (Å²) in [6.45, 7) is 7.90. The van der Waals surface area contributed by atoms with Gasteiger partial charge in [-0.2, -0.15) is 0 Å². The Morgan fingerprint density at radius 3 is 1.74 bits per heavy atom. The van der Waals surface area contributed by atoms with Gasteiger partial charge in [-0.3, -0.25) is 9.59 Å². The molecule has 0 spiro atoms. The highest BCUT2D eigenvalue weighted by atomic mass is 16.2. The van der Waals surface area contributed by atoms with Crippen LogP contribution in [0.2, 0.25) is 0 Å². The van der Waals surface area contributed by atoms with E-state index in [4.69, 9.17) is 0 Å². The number of anilines is 2. The summed E-state index contributed by atoms with van der Waals surface area (Å²) in [4.78, 5) is 23.2. The smallest absolute Gasteiger partial charge is 0.255 e. The van der Waals surface area contributed by atoms with Crippen molar-refractivity contribution in [3.63, 3.8) is 0 Å². The van der Waals surface area contributed by atoms with Gasteiger partial charge in [0.05, 0.1) is 0 Å². The van der Waals surface area contributed by atoms with Gasteiger partial charge in [0, 0.05) is 23.9 Å². The van der Waals surface area contributed by atoms with Crippen molar-refractivity contribution in [2.45, 2.75) is 33.1 Å². The number of amides is 2. The molecule has 2 aromatic carbocycles. The molecule has 0 fully saturated rings. The maximum Gasteiger partial charge on any atom is 0.255 e. The van der Waals surface area contributed by atoms with Crippen LogP contribution in [0.15, 0.2) is 48.5 Å². The van der Waals surface area contributed by atoms with Crippen LogP contribution in [-0.2, 0) is 10.2 Å². The molecular formula is C19H22N2O2. The fourth-order valence-electron chi connectivity index (χ4n) is 2.17. The minimum Gasteiger partial charge on any atom is -0.326 e. The van der Waals surface area contributed by atoms with Gasteiger partial charge in [0.1, 0.15) is 0 Å². The van der Waals surface area contributed by atoms with Crippen LogP contribution >= 0.6 is 0 Å². The molecule has 0 bridgehead atoms. The molecule has 4 nitrogen and oxygen atoms in total. The standard InChI is InChI=1S/C19H22N2O2/c1-13(22)20-16-9-5-14(6-10-16)18(23)21-17-11-7-15(8-12-17)19(2,3)4/h5-12H,1-4H3,(H,20,22)(H,21,23). The van der Waals surface area contributed by atoms with Gasteiger partial charge in [-0.25, -0.2) is 0 Å². The number of carbonyl (C=O) groups is 2. The summed E-state index contributed by atoms with van der Waals surface area (Å²) in [6.07, 6.45) is 0. The van der Waals surface area contributed by atoms with Gasteiger partial charge in [-0.15, -0.1) is 0 Å². The molecule has 120 valence electrons. The molecule has 0 aliphatic carbocycles. The first-order valence-electron chi connectivity index (χ1n) is 7.55. The molecule has 0 heterocycles. The van der Waals surface area contributed by atoms with Crippen molar-refractivity contribution >= 4 is 23.2 Å². The van der Waals surface area contributed by atoms with Gasteiger partial charge in [0.25, 0.3) is 5.91 Å². The van der Waals surface area contributed by atoms with Crippen LogP contribution in [0.25, 0.3) is 0 Å². The Hall–Kier alpha value is -2.62. The Labute approximate surface area is 136 Å². The maximum atomic E-state index is 12.2. The molecule has 2 aromatic rings. The Kier molecular flexibility index (Phi) is 4.84. The van der Waals surface area contributed by atoms with Crippen molar-refractivity contribution < 1.29 is 9.59 Å². The van der Waals surface area contributed by atoms with Crippen LogP contribution in [0.5, 0.6) is 0 Å². The van der Waals surface area contributed by atoms with Crippen LogP contribution in [-0.4, -0.2) is 11.8 Å². The van der Waals surface area contributed by atoms with E-state index in [0.29, 0.717) is 11.3 Å². The Morgan fingerprint density at radius 2 is 1.26 bits per heavy atom. The third kappa shape index (κ3) is 4.68. The topological polar surface area (TPSA) is 58.2 Å². The molecule has 2 rings (SSSR count). The second-order valence-corrected chi connectivity index (χ2v) is 6.54. The second-order valence-electron chi connectivity index (χ2n) is 6.54. The molecule has 0 aliphatic rings. The lowest BCUT2D eigenvalue weighted by Crippen LogP contribution is -2.13. The van der Waals surface area contributed by atoms with E-state index in [1.165, 1.54) is 12.5 Å². The van der Waals surface area contributed by atoms with Gasteiger partial charge >= 0.3 is 0 Å². The number of hydrogen-bond donors (Lipinski definition) is 2. The van der Waals surface area contributed by atoms with Crippen molar-refractivity contribution in [2.75, 3.05) is 10.6 Å². The lowest BCUT2D eigenvalue weighted by atomic mass is 9.87. The monoisotopic (exact) mass is 310 g/mol. The Balaban J connectivity index is 2.05. The van der Waals surface area contributed by atoms with Crippen molar-refractivity contribution in [3.8, 4) is 0 Å². The van der Waals surface area contributed by atoms with E-state index in [9.17, 15) is 9.59 Å². The summed E-state index contributed by atoms with van der Waals surface area (Å²) >= 11 is 0. The molecule has 0 saturated heterocycles. The number of carbonyl (C=O) groups excluding carboxylic acids is 2. The van der Waals surface area contributed by atoms with E-state index in [-0.39, 0.29) is 17.2 Å². The third-order valence-corrected chi connectivity index (χ3v) is 3.48. The van der Waals surface area contributed by atoms with Gasteiger partial charge in [0.2, 0.25) is 5.91 Å². The summed E-state index contributed by atoms with van der Waals surface area (Å²) in [5, 5.41) is 5.54. The lowest BCUT2D eigenvalue weighted by molar-refractivity contribution is -0.114. The van der Waals surface area contributed by atoms with Gasteiger partial charge in [0.15, 0.2) is 0 Å². The van der Waals surface area contributed by atoms with Gasteiger partial charge in [-0.1, -0.05) is 32.9 Å². The van der Waals surface area contributed by atoms with E-state index < -0.39 is 0 Å². The first-order chi connectivity index (χ1) is 10.8. The molecule has 2 N–H and O–H groups in total. The molecule has 0 atom stereocenters. The average Bonchev–Trinajstić information content (AvgIpc) is 2.47. The summed E-state index contributed by atoms with van der Waals surface area (Å²) < 4.78 is 0. The largest absolute Gasteiger partial charge is 0.326 e. The highest BCUT2D eigenvalue weighted by molar-refractivity contribution is 6.04. The second kappa shape index (κ2) is 6.65. The summed E-state index contributed by atoms with van der Waals surface area (Å²) in [7, 11) is 0. The number of nitrogens with one attached hydrogen (secondary N) is 2. The molecule has 0 aromatic heterocycles. The zero-order valence-electron chi connectivity index (χ0n) is 13.9. The minimum absolute atomic E-state index is 0.0854.